The fourth-order valence-electron chi connectivity index (χ4n) is 15.2. The molecular weight excluding hydrogens is 1130 g/mol. The molecule has 11 aromatic carbocycles. The molecule has 446 valence electrons. The summed E-state index contributed by atoms with van der Waals surface area (Å²) in [6.07, 6.45) is -10.3. The van der Waals surface area contributed by atoms with Gasteiger partial charge in [0.1, 0.15) is 0 Å². The molecule has 0 fully saturated rings. The Morgan fingerprint density at radius 1 is 0.311 bits per heavy atom. The number of aryl methyl sites for hydroxylation is 12. The number of nitrogens with zero attached hydrogens (tertiary/aromatic N) is 3. The second kappa shape index (κ2) is 21.7. The van der Waals surface area contributed by atoms with Crippen LogP contribution in [0, 0.1) is 94.4 Å². The molecular formula is C81H65F6N3. The minimum atomic E-state index is -5.16. The SMILES string of the molecule is Cc1cc(C)c(-c2ccc3c(c2)c2cc(-c4c(C)cc(C)cc4C)ccc2n3-c2ccc(C#N)c(-c3cc(-c4c(C(F)(F)F)cccc4C(F)(F)F)ccc3-n3c4ccc(-c5c(C)cc(C)cc5C)cc4c4cc(-c5c(C)cc(C)cc5C)ccc43)c2)c(C)c1. The van der Waals surface area contributed by atoms with Crippen LogP contribution >= 0.6 is 0 Å². The van der Waals surface area contributed by atoms with E-state index in [2.05, 4.69) is 203 Å². The quantitative estimate of drug-likeness (QED) is 0.140. The molecule has 0 atom stereocenters. The Labute approximate surface area is 520 Å². The van der Waals surface area contributed by atoms with Crippen molar-refractivity contribution in [2.24, 2.45) is 0 Å². The van der Waals surface area contributed by atoms with Crippen molar-refractivity contribution < 1.29 is 26.3 Å². The first kappa shape index (κ1) is 59.1. The molecule has 0 aliphatic heterocycles. The molecule has 13 aromatic rings. The Kier molecular flexibility index (Phi) is 14.2. The number of rotatable bonds is 8. The number of hydrogen-bond acceptors (Lipinski definition) is 1. The van der Waals surface area contributed by atoms with Gasteiger partial charge in [0.05, 0.1) is 50.5 Å². The van der Waals surface area contributed by atoms with Gasteiger partial charge in [0.2, 0.25) is 0 Å². The summed E-state index contributed by atoms with van der Waals surface area (Å²) in [7, 11) is 0. The maximum Gasteiger partial charge on any atom is 0.417 e. The number of nitriles is 1. The van der Waals surface area contributed by atoms with Gasteiger partial charge in [-0.3, -0.25) is 0 Å². The van der Waals surface area contributed by atoms with Crippen molar-refractivity contribution in [2.75, 3.05) is 0 Å². The highest BCUT2D eigenvalue weighted by atomic mass is 19.4. The number of fused-ring (bicyclic) bond motifs is 6. The number of aromatic nitrogens is 2. The highest BCUT2D eigenvalue weighted by Crippen LogP contribution is 2.49. The largest absolute Gasteiger partial charge is 0.417 e. The van der Waals surface area contributed by atoms with Crippen LogP contribution in [0.25, 0.3) is 122 Å². The van der Waals surface area contributed by atoms with Gasteiger partial charge in [-0.15, -0.1) is 0 Å². The monoisotopic (exact) mass is 1190 g/mol. The topological polar surface area (TPSA) is 33.6 Å². The molecule has 3 nitrogen and oxygen atoms in total. The Balaban J connectivity index is 1.13. The van der Waals surface area contributed by atoms with Gasteiger partial charge in [-0.1, -0.05) is 107 Å². The smallest absolute Gasteiger partial charge is 0.309 e. The molecule has 2 aromatic heterocycles. The molecule has 2 heterocycles. The molecule has 9 heteroatoms. The number of hydrogen-bond donors (Lipinski definition) is 0. The van der Waals surface area contributed by atoms with E-state index in [1.165, 1.54) is 23.3 Å². The lowest BCUT2D eigenvalue weighted by Gasteiger charge is -2.22. The molecule has 0 amide bonds. The third-order valence-electron chi connectivity index (χ3n) is 18.3. The van der Waals surface area contributed by atoms with Gasteiger partial charge in [-0.25, -0.2) is 0 Å². The van der Waals surface area contributed by atoms with Crippen LogP contribution in [0.2, 0.25) is 0 Å². The van der Waals surface area contributed by atoms with Crippen LogP contribution < -0.4 is 0 Å². The minimum absolute atomic E-state index is 0.166. The van der Waals surface area contributed by atoms with Crippen LogP contribution in [-0.4, -0.2) is 9.13 Å². The van der Waals surface area contributed by atoms with E-state index in [1.54, 1.807) is 12.1 Å². The van der Waals surface area contributed by atoms with Crippen LogP contribution in [0.3, 0.4) is 0 Å². The number of halogens is 6. The summed E-state index contributed by atoms with van der Waals surface area (Å²) in [5.74, 6) is 0. The van der Waals surface area contributed by atoms with Crippen LogP contribution in [0.15, 0.2) is 176 Å². The third kappa shape index (κ3) is 9.94. The van der Waals surface area contributed by atoms with Crippen LogP contribution in [0.1, 0.15) is 83.5 Å². The maximum atomic E-state index is 15.3. The predicted molar refractivity (Wildman–Crippen MR) is 359 cm³/mol. The lowest BCUT2D eigenvalue weighted by atomic mass is 9.89. The maximum absolute atomic E-state index is 15.3. The summed E-state index contributed by atoms with van der Waals surface area (Å²) >= 11 is 0. The van der Waals surface area contributed by atoms with E-state index < -0.39 is 29.0 Å². The molecule has 0 saturated carbocycles. The summed E-state index contributed by atoms with van der Waals surface area (Å²) in [5.41, 5.74) is 23.0. The van der Waals surface area contributed by atoms with Gasteiger partial charge in [-0.2, -0.15) is 31.6 Å². The van der Waals surface area contributed by atoms with Crippen LogP contribution in [0.5, 0.6) is 0 Å². The minimum Gasteiger partial charge on any atom is -0.309 e. The van der Waals surface area contributed by atoms with Crippen molar-refractivity contribution in [3.05, 3.63) is 259 Å². The summed E-state index contributed by atoms with van der Waals surface area (Å²) in [6.45, 7) is 25.3. The van der Waals surface area contributed by atoms with Crippen LogP contribution in [0.4, 0.5) is 26.3 Å². The zero-order valence-electron chi connectivity index (χ0n) is 52.4. The lowest BCUT2D eigenvalue weighted by molar-refractivity contribution is -0.142. The van der Waals surface area contributed by atoms with Crippen molar-refractivity contribution >= 4 is 43.6 Å². The van der Waals surface area contributed by atoms with Gasteiger partial charge in [0, 0.05) is 43.9 Å². The summed E-state index contributed by atoms with van der Waals surface area (Å²) in [6, 6.07) is 57.4. The average Bonchev–Trinajstić information content (AvgIpc) is 1.55. The molecule has 0 aliphatic rings. The zero-order valence-corrected chi connectivity index (χ0v) is 52.4. The normalized spacial score (nSPS) is 12.1. The van der Waals surface area contributed by atoms with E-state index in [0.717, 1.165) is 150 Å². The first-order valence-corrected chi connectivity index (χ1v) is 30.2. The van der Waals surface area contributed by atoms with E-state index in [1.807, 2.05) is 28.8 Å². The van der Waals surface area contributed by atoms with E-state index in [-0.39, 0.29) is 16.7 Å². The molecule has 13 rings (SSSR count). The first-order chi connectivity index (χ1) is 42.8. The Bertz CT molecular complexity index is 4890. The molecule has 0 aliphatic carbocycles. The second-order valence-corrected chi connectivity index (χ2v) is 25.0. The summed E-state index contributed by atoms with van der Waals surface area (Å²) < 4.78 is 96.3. The highest BCUT2D eigenvalue weighted by molar-refractivity contribution is 6.14. The van der Waals surface area contributed by atoms with Crippen molar-refractivity contribution in [1.29, 1.82) is 5.26 Å². The molecule has 0 saturated heterocycles. The molecule has 0 bridgehead atoms. The Morgan fingerprint density at radius 2 is 0.622 bits per heavy atom. The Morgan fingerprint density at radius 3 is 0.944 bits per heavy atom. The van der Waals surface area contributed by atoms with Gasteiger partial charge in [0.15, 0.2) is 0 Å². The fourth-order valence-corrected chi connectivity index (χ4v) is 15.2. The van der Waals surface area contributed by atoms with E-state index in [4.69, 9.17) is 0 Å². The highest BCUT2D eigenvalue weighted by Gasteiger charge is 2.41. The Hall–Kier alpha value is -9.91. The van der Waals surface area contributed by atoms with Gasteiger partial charge >= 0.3 is 12.4 Å². The second-order valence-electron chi connectivity index (χ2n) is 25.0. The number of alkyl halides is 6. The van der Waals surface area contributed by atoms with Gasteiger partial charge < -0.3 is 9.13 Å². The fraction of sp³-hybridized carbons (Fsp3) is 0.173. The van der Waals surface area contributed by atoms with E-state index in [9.17, 15) is 5.26 Å². The lowest BCUT2D eigenvalue weighted by Crippen LogP contribution is -2.14. The average molecular weight is 1190 g/mol. The van der Waals surface area contributed by atoms with Gasteiger partial charge in [0.25, 0.3) is 0 Å². The van der Waals surface area contributed by atoms with Crippen LogP contribution in [-0.2, 0) is 12.4 Å². The summed E-state index contributed by atoms with van der Waals surface area (Å²) in [5, 5.41) is 15.0. The van der Waals surface area contributed by atoms with Crippen molar-refractivity contribution in [2.45, 2.75) is 95.4 Å². The van der Waals surface area contributed by atoms with Crippen molar-refractivity contribution in [1.82, 2.24) is 9.13 Å². The molecule has 0 unspecified atom stereocenters. The molecule has 90 heavy (non-hydrogen) atoms. The first-order valence-electron chi connectivity index (χ1n) is 30.2. The molecule has 0 radical (unpaired) electrons. The third-order valence-corrected chi connectivity index (χ3v) is 18.3. The van der Waals surface area contributed by atoms with E-state index >= 15 is 26.3 Å². The predicted octanol–water partition coefficient (Wildman–Crippen LogP) is 23.5. The number of benzene rings is 11. The molecule has 0 N–H and O–H groups in total. The standard InChI is InChI=1S/C81H65F6N3/c1-43-28-47(5)75(48(6)29-43)55-17-23-70-64(36-55)65-37-56(76-49(7)30-44(2)31-50(76)8)18-24-71(65)89(70)61-22-16-60(42-88)62(41-61)63-40-59(79-68(80(82,83)84)14-13-15-69(79)81(85,86)87)21-27-72(63)90-73-25-19-57(77-51(9)32-45(3)33-52(77)10)38-66(73)67-39-58(20-26-74(67)90)78-53(11)34-46(4)35-54(78)12/h13-41H,1-12H3. The van der Waals surface area contributed by atoms with Gasteiger partial charge in [-0.05, 0) is 269 Å². The zero-order chi connectivity index (χ0) is 63.7. The molecule has 0 spiro atoms. The summed E-state index contributed by atoms with van der Waals surface area (Å²) in [4.78, 5) is 0. The van der Waals surface area contributed by atoms with Crippen molar-refractivity contribution in [3.8, 4) is 84.2 Å². The van der Waals surface area contributed by atoms with Crippen molar-refractivity contribution in [3.63, 3.8) is 0 Å². The van der Waals surface area contributed by atoms with E-state index in [0.29, 0.717) is 29.1 Å².